The number of hydrogen-bond acceptors (Lipinski definition) is 4. The van der Waals surface area contributed by atoms with Gasteiger partial charge >= 0.3 is 5.97 Å². The number of amides is 1. The Kier molecular flexibility index (Phi) is 5.90. The van der Waals surface area contributed by atoms with Crippen LogP contribution < -0.4 is 0 Å². The fraction of sp³-hybridized carbons (Fsp3) is 0.500. The van der Waals surface area contributed by atoms with Crippen LogP contribution in [0, 0.1) is 0 Å². The van der Waals surface area contributed by atoms with E-state index in [2.05, 4.69) is 0 Å². The first-order valence-electron chi connectivity index (χ1n) is 7.07. The van der Waals surface area contributed by atoms with Gasteiger partial charge in [0, 0.05) is 18.7 Å². The van der Waals surface area contributed by atoms with Crippen LogP contribution in [0.1, 0.15) is 48.4 Å². The molecule has 0 heterocycles. The van der Waals surface area contributed by atoms with Crippen molar-refractivity contribution in [3.05, 3.63) is 35.4 Å². The Balaban J connectivity index is 2.74. The van der Waals surface area contributed by atoms with Gasteiger partial charge in [-0.05, 0) is 52.0 Å². The Morgan fingerprint density at radius 2 is 1.57 bits per heavy atom. The standard InChI is InChI=1S/C16H23NO4/c1-5-17(6-2)14(18)12-7-9-13(10-8-12)15(19)21-11-16(3,4)20/h7-10,20H,5-6,11H2,1-4H3. The molecule has 0 aliphatic heterocycles. The van der Waals surface area contributed by atoms with Gasteiger partial charge in [-0.15, -0.1) is 0 Å². The third-order valence-corrected chi connectivity index (χ3v) is 2.97. The molecule has 0 atom stereocenters. The summed E-state index contributed by atoms with van der Waals surface area (Å²) in [6.07, 6.45) is 0. The second-order valence-corrected chi connectivity index (χ2v) is 5.44. The van der Waals surface area contributed by atoms with E-state index in [-0.39, 0.29) is 12.5 Å². The van der Waals surface area contributed by atoms with Crippen molar-refractivity contribution in [1.29, 1.82) is 0 Å². The molecule has 5 heteroatoms. The molecule has 1 rings (SSSR count). The molecule has 0 aromatic heterocycles. The van der Waals surface area contributed by atoms with Gasteiger partial charge < -0.3 is 14.7 Å². The topological polar surface area (TPSA) is 66.8 Å². The zero-order valence-electron chi connectivity index (χ0n) is 13.0. The highest BCUT2D eigenvalue weighted by molar-refractivity contribution is 5.96. The minimum absolute atomic E-state index is 0.0589. The molecule has 0 saturated heterocycles. The number of ether oxygens (including phenoxy) is 1. The Morgan fingerprint density at radius 3 is 2.00 bits per heavy atom. The third-order valence-electron chi connectivity index (χ3n) is 2.97. The summed E-state index contributed by atoms with van der Waals surface area (Å²) in [4.78, 5) is 25.6. The number of nitrogens with zero attached hydrogens (tertiary/aromatic N) is 1. The Labute approximate surface area is 125 Å². The third kappa shape index (κ3) is 5.19. The van der Waals surface area contributed by atoms with Gasteiger partial charge in [-0.2, -0.15) is 0 Å². The number of rotatable bonds is 6. The molecule has 5 nitrogen and oxygen atoms in total. The van der Waals surface area contributed by atoms with Gasteiger partial charge in [0.25, 0.3) is 5.91 Å². The molecule has 116 valence electrons. The molecular formula is C16H23NO4. The van der Waals surface area contributed by atoms with Crippen molar-refractivity contribution < 1.29 is 19.4 Å². The first-order chi connectivity index (χ1) is 9.78. The highest BCUT2D eigenvalue weighted by Gasteiger charge is 2.17. The van der Waals surface area contributed by atoms with Crippen molar-refractivity contribution in [1.82, 2.24) is 4.90 Å². The number of aliphatic hydroxyl groups is 1. The highest BCUT2D eigenvalue weighted by atomic mass is 16.5. The minimum Gasteiger partial charge on any atom is -0.459 e. The van der Waals surface area contributed by atoms with Crippen molar-refractivity contribution in [2.45, 2.75) is 33.3 Å². The van der Waals surface area contributed by atoms with Gasteiger partial charge in [0.05, 0.1) is 11.2 Å². The van der Waals surface area contributed by atoms with E-state index in [1.807, 2.05) is 13.8 Å². The number of esters is 1. The summed E-state index contributed by atoms with van der Waals surface area (Å²) < 4.78 is 5.00. The summed E-state index contributed by atoms with van der Waals surface area (Å²) in [5.74, 6) is -0.574. The van der Waals surface area contributed by atoms with Crippen LogP contribution in [0.2, 0.25) is 0 Å². The number of carbonyl (C=O) groups excluding carboxylic acids is 2. The maximum atomic E-state index is 12.1. The molecule has 0 spiro atoms. The van der Waals surface area contributed by atoms with Gasteiger partial charge in [-0.1, -0.05) is 0 Å². The lowest BCUT2D eigenvalue weighted by molar-refractivity contribution is -0.0100. The van der Waals surface area contributed by atoms with Crippen LogP contribution in [0.5, 0.6) is 0 Å². The van der Waals surface area contributed by atoms with Gasteiger partial charge in [-0.25, -0.2) is 4.79 Å². The van der Waals surface area contributed by atoms with E-state index in [1.165, 1.54) is 0 Å². The van der Waals surface area contributed by atoms with Gasteiger partial charge in [0.15, 0.2) is 0 Å². The van der Waals surface area contributed by atoms with E-state index in [1.54, 1.807) is 43.0 Å². The molecule has 0 bridgehead atoms. The molecule has 1 amide bonds. The van der Waals surface area contributed by atoms with Crippen LogP contribution in [0.15, 0.2) is 24.3 Å². The van der Waals surface area contributed by atoms with Gasteiger partial charge in [0.1, 0.15) is 6.61 Å². The van der Waals surface area contributed by atoms with Crippen LogP contribution in [0.3, 0.4) is 0 Å². The van der Waals surface area contributed by atoms with Crippen LogP contribution in [0.25, 0.3) is 0 Å². The molecular weight excluding hydrogens is 270 g/mol. The van der Waals surface area contributed by atoms with Gasteiger partial charge in [0.2, 0.25) is 0 Å². The van der Waals surface area contributed by atoms with E-state index < -0.39 is 11.6 Å². The fourth-order valence-electron chi connectivity index (χ4n) is 1.77. The smallest absolute Gasteiger partial charge is 0.338 e. The van der Waals surface area contributed by atoms with Crippen LogP contribution in [0.4, 0.5) is 0 Å². The minimum atomic E-state index is -1.06. The first-order valence-corrected chi connectivity index (χ1v) is 7.07. The Bertz CT molecular complexity index is 484. The van der Waals surface area contributed by atoms with E-state index >= 15 is 0 Å². The summed E-state index contributed by atoms with van der Waals surface area (Å²) in [6, 6.07) is 6.34. The van der Waals surface area contributed by atoms with Gasteiger partial charge in [-0.3, -0.25) is 4.79 Å². The summed E-state index contributed by atoms with van der Waals surface area (Å²) in [6.45, 7) is 8.17. The predicted molar refractivity (Wildman–Crippen MR) is 80.3 cm³/mol. The Hall–Kier alpha value is -1.88. The van der Waals surface area contributed by atoms with E-state index in [4.69, 9.17) is 4.74 Å². The molecule has 1 aromatic carbocycles. The lowest BCUT2D eigenvalue weighted by Crippen LogP contribution is -2.30. The van der Waals surface area contributed by atoms with Crippen LogP contribution in [-0.4, -0.2) is 47.2 Å². The van der Waals surface area contributed by atoms with Crippen LogP contribution >= 0.6 is 0 Å². The van der Waals surface area contributed by atoms with Crippen LogP contribution in [-0.2, 0) is 4.74 Å². The largest absolute Gasteiger partial charge is 0.459 e. The van der Waals surface area contributed by atoms with E-state index in [0.29, 0.717) is 24.2 Å². The lowest BCUT2D eigenvalue weighted by Gasteiger charge is -2.19. The maximum absolute atomic E-state index is 12.1. The van der Waals surface area contributed by atoms with Crippen molar-refractivity contribution in [3.63, 3.8) is 0 Å². The molecule has 21 heavy (non-hydrogen) atoms. The van der Waals surface area contributed by atoms with Crippen molar-refractivity contribution >= 4 is 11.9 Å². The zero-order valence-corrected chi connectivity index (χ0v) is 13.0. The number of benzene rings is 1. The SMILES string of the molecule is CCN(CC)C(=O)c1ccc(C(=O)OCC(C)(C)O)cc1. The average molecular weight is 293 g/mol. The molecule has 0 saturated carbocycles. The maximum Gasteiger partial charge on any atom is 0.338 e. The van der Waals surface area contributed by atoms with Crippen molar-refractivity contribution in [2.24, 2.45) is 0 Å². The molecule has 0 unspecified atom stereocenters. The first kappa shape index (κ1) is 17.2. The molecule has 1 N–H and O–H groups in total. The second-order valence-electron chi connectivity index (χ2n) is 5.44. The van der Waals surface area contributed by atoms with Crippen molar-refractivity contribution in [3.8, 4) is 0 Å². The molecule has 0 aliphatic rings. The molecule has 0 radical (unpaired) electrons. The summed E-state index contributed by atoms with van der Waals surface area (Å²) in [5.41, 5.74) is -0.165. The summed E-state index contributed by atoms with van der Waals surface area (Å²) in [5, 5.41) is 9.52. The predicted octanol–water partition coefficient (Wildman–Crippen LogP) is 2.10. The highest BCUT2D eigenvalue weighted by Crippen LogP contribution is 2.10. The van der Waals surface area contributed by atoms with E-state index in [9.17, 15) is 14.7 Å². The normalized spacial score (nSPS) is 11.1. The quantitative estimate of drug-likeness (QED) is 0.816. The summed E-state index contributed by atoms with van der Waals surface area (Å²) in [7, 11) is 0. The van der Waals surface area contributed by atoms with Crippen molar-refractivity contribution in [2.75, 3.05) is 19.7 Å². The number of carbonyl (C=O) groups is 2. The monoisotopic (exact) mass is 293 g/mol. The molecule has 0 aliphatic carbocycles. The summed E-state index contributed by atoms with van der Waals surface area (Å²) >= 11 is 0. The Morgan fingerprint density at radius 1 is 1.10 bits per heavy atom. The lowest BCUT2D eigenvalue weighted by atomic mass is 10.1. The zero-order chi connectivity index (χ0) is 16.0. The molecule has 0 fully saturated rings. The number of hydrogen-bond donors (Lipinski definition) is 1. The average Bonchev–Trinajstić information content (AvgIpc) is 2.45. The van der Waals surface area contributed by atoms with E-state index in [0.717, 1.165) is 0 Å². The molecule has 1 aromatic rings. The second kappa shape index (κ2) is 7.22. The fourth-order valence-corrected chi connectivity index (χ4v) is 1.77.